The van der Waals surface area contributed by atoms with Gasteiger partial charge in [0.1, 0.15) is 0 Å². The van der Waals surface area contributed by atoms with Gasteiger partial charge in [0.2, 0.25) is 5.95 Å². The summed E-state index contributed by atoms with van der Waals surface area (Å²) in [6, 6.07) is 10.9. The lowest BCUT2D eigenvalue weighted by Crippen LogP contribution is -2.13. The Bertz CT molecular complexity index is 938. The quantitative estimate of drug-likeness (QED) is 0.629. The zero-order valence-electron chi connectivity index (χ0n) is 14.2. The lowest BCUT2D eigenvalue weighted by atomic mass is 10.1. The Morgan fingerprint density at radius 1 is 1.00 bits per heavy atom. The van der Waals surface area contributed by atoms with Gasteiger partial charge in [0.05, 0.1) is 16.3 Å². The average molecular weight is 387 g/mol. The summed E-state index contributed by atoms with van der Waals surface area (Å²) < 4.78 is 0. The van der Waals surface area contributed by atoms with Crippen LogP contribution in [0.3, 0.4) is 0 Å². The van der Waals surface area contributed by atoms with E-state index in [0.717, 1.165) is 16.8 Å². The molecule has 2 N–H and O–H groups in total. The summed E-state index contributed by atoms with van der Waals surface area (Å²) in [4.78, 5) is 20.8. The van der Waals surface area contributed by atoms with Crippen LogP contribution in [-0.2, 0) is 0 Å². The van der Waals surface area contributed by atoms with Crippen molar-refractivity contribution in [3.8, 4) is 0 Å². The van der Waals surface area contributed by atoms with E-state index >= 15 is 0 Å². The molecule has 3 rings (SSSR count). The molecule has 0 fully saturated rings. The first-order chi connectivity index (χ1) is 12.4. The molecule has 1 heterocycles. The van der Waals surface area contributed by atoms with Crippen molar-refractivity contribution in [1.29, 1.82) is 0 Å². The number of hydrogen-bond acceptors (Lipinski definition) is 4. The van der Waals surface area contributed by atoms with Gasteiger partial charge in [0.15, 0.2) is 0 Å². The monoisotopic (exact) mass is 386 g/mol. The van der Waals surface area contributed by atoms with Crippen LogP contribution < -0.4 is 10.6 Å². The second kappa shape index (κ2) is 7.72. The van der Waals surface area contributed by atoms with Crippen molar-refractivity contribution in [3.63, 3.8) is 0 Å². The van der Waals surface area contributed by atoms with Crippen molar-refractivity contribution in [2.24, 2.45) is 0 Å². The molecule has 26 heavy (non-hydrogen) atoms. The van der Waals surface area contributed by atoms with Crippen molar-refractivity contribution in [2.45, 2.75) is 13.8 Å². The summed E-state index contributed by atoms with van der Waals surface area (Å²) >= 11 is 11.9. The number of nitrogens with zero attached hydrogens (tertiary/aromatic N) is 2. The number of para-hydroxylation sites is 1. The van der Waals surface area contributed by atoms with E-state index in [4.69, 9.17) is 23.2 Å². The van der Waals surface area contributed by atoms with Crippen molar-refractivity contribution in [1.82, 2.24) is 9.97 Å². The van der Waals surface area contributed by atoms with Crippen LogP contribution in [0.2, 0.25) is 10.0 Å². The standard InChI is InChI=1S/C19H16Cl2N4O/c1-11-4-3-5-12(2)17(11)25-19-22-9-13(10-23-19)18(26)24-16-7-6-14(20)8-15(16)21/h3-10H,1-2H3,(H,24,26)(H,22,23,25). The number of amides is 1. The maximum absolute atomic E-state index is 12.3. The fourth-order valence-corrected chi connectivity index (χ4v) is 2.87. The van der Waals surface area contributed by atoms with Crippen LogP contribution in [0.1, 0.15) is 21.5 Å². The van der Waals surface area contributed by atoms with Gasteiger partial charge in [-0.1, -0.05) is 41.4 Å². The van der Waals surface area contributed by atoms with Gasteiger partial charge in [0, 0.05) is 23.1 Å². The minimum Gasteiger partial charge on any atom is -0.324 e. The lowest BCUT2D eigenvalue weighted by Gasteiger charge is -2.11. The Morgan fingerprint density at radius 3 is 2.27 bits per heavy atom. The Balaban J connectivity index is 1.74. The molecule has 0 saturated heterocycles. The number of carbonyl (C=O) groups excluding carboxylic acids is 1. The van der Waals surface area contributed by atoms with E-state index < -0.39 is 0 Å². The minimum atomic E-state index is -0.354. The molecule has 0 aliphatic heterocycles. The summed E-state index contributed by atoms with van der Waals surface area (Å²) in [6.45, 7) is 4.01. The number of nitrogens with one attached hydrogen (secondary N) is 2. The topological polar surface area (TPSA) is 66.9 Å². The molecule has 0 atom stereocenters. The van der Waals surface area contributed by atoms with Gasteiger partial charge < -0.3 is 10.6 Å². The number of rotatable bonds is 4. The van der Waals surface area contributed by atoms with Gasteiger partial charge >= 0.3 is 0 Å². The zero-order valence-corrected chi connectivity index (χ0v) is 15.7. The van der Waals surface area contributed by atoms with E-state index in [0.29, 0.717) is 27.2 Å². The number of hydrogen-bond donors (Lipinski definition) is 2. The summed E-state index contributed by atoms with van der Waals surface area (Å²) in [5.74, 6) is 0.0660. The van der Waals surface area contributed by atoms with Crippen LogP contribution in [0.25, 0.3) is 0 Å². The third-order valence-electron chi connectivity index (χ3n) is 3.81. The summed E-state index contributed by atoms with van der Waals surface area (Å²) in [5.41, 5.74) is 3.93. The van der Waals surface area contributed by atoms with Gasteiger partial charge in [-0.15, -0.1) is 0 Å². The van der Waals surface area contributed by atoms with E-state index in [1.54, 1.807) is 18.2 Å². The second-order valence-electron chi connectivity index (χ2n) is 5.77. The van der Waals surface area contributed by atoms with Gasteiger partial charge in [0.25, 0.3) is 5.91 Å². The Hall–Kier alpha value is -2.63. The third-order valence-corrected chi connectivity index (χ3v) is 4.36. The maximum Gasteiger partial charge on any atom is 0.258 e. The van der Waals surface area contributed by atoms with Gasteiger partial charge in [-0.3, -0.25) is 4.79 Å². The van der Waals surface area contributed by atoms with Crippen LogP contribution in [-0.4, -0.2) is 15.9 Å². The average Bonchev–Trinajstić information content (AvgIpc) is 2.61. The molecule has 2 aromatic carbocycles. The third kappa shape index (κ3) is 4.12. The van der Waals surface area contributed by atoms with Gasteiger partial charge in [-0.05, 0) is 43.2 Å². The highest BCUT2D eigenvalue weighted by Crippen LogP contribution is 2.26. The highest BCUT2D eigenvalue weighted by molar-refractivity contribution is 6.36. The van der Waals surface area contributed by atoms with Crippen LogP contribution in [0.15, 0.2) is 48.8 Å². The molecule has 5 nitrogen and oxygen atoms in total. The molecule has 0 radical (unpaired) electrons. The highest BCUT2D eigenvalue weighted by Gasteiger charge is 2.11. The second-order valence-corrected chi connectivity index (χ2v) is 6.61. The summed E-state index contributed by atoms with van der Waals surface area (Å²) in [7, 11) is 0. The fourth-order valence-electron chi connectivity index (χ4n) is 2.42. The molecule has 132 valence electrons. The first-order valence-corrected chi connectivity index (χ1v) is 8.61. The smallest absolute Gasteiger partial charge is 0.258 e. The normalized spacial score (nSPS) is 10.5. The SMILES string of the molecule is Cc1cccc(C)c1Nc1ncc(C(=O)Nc2ccc(Cl)cc2Cl)cn1. The highest BCUT2D eigenvalue weighted by atomic mass is 35.5. The molecular formula is C19H16Cl2N4O. The molecular weight excluding hydrogens is 371 g/mol. The number of carbonyl (C=O) groups is 1. The molecule has 0 aliphatic rings. The van der Waals surface area contributed by atoms with Crippen LogP contribution in [0.4, 0.5) is 17.3 Å². The number of aromatic nitrogens is 2. The lowest BCUT2D eigenvalue weighted by molar-refractivity contribution is 0.102. The number of anilines is 3. The van der Waals surface area contributed by atoms with E-state index in [-0.39, 0.29) is 5.91 Å². The number of aryl methyl sites for hydroxylation is 2. The minimum absolute atomic E-state index is 0.322. The van der Waals surface area contributed by atoms with E-state index in [9.17, 15) is 4.79 Å². The first-order valence-electron chi connectivity index (χ1n) is 7.86. The van der Waals surface area contributed by atoms with Crippen LogP contribution in [0.5, 0.6) is 0 Å². The molecule has 1 aromatic heterocycles. The zero-order chi connectivity index (χ0) is 18.7. The molecule has 0 spiro atoms. The predicted molar refractivity (Wildman–Crippen MR) is 106 cm³/mol. The van der Waals surface area contributed by atoms with Gasteiger partial charge in [-0.2, -0.15) is 0 Å². The van der Waals surface area contributed by atoms with Crippen molar-refractivity contribution in [3.05, 3.63) is 75.5 Å². The largest absolute Gasteiger partial charge is 0.324 e. The summed E-state index contributed by atoms with van der Waals surface area (Å²) in [6.07, 6.45) is 2.92. The molecule has 0 saturated carbocycles. The Kier molecular flexibility index (Phi) is 5.40. The van der Waals surface area contributed by atoms with E-state index in [2.05, 4.69) is 20.6 Å². The summed E-state index contributed by atoms with van der Waals surface area (Å²) in [5, 5.41) is 6.75. The van der Waals surface area contributed by atoms with E-state index in [1.165, 1.54) is 12.4 Å². The van der Waals surface area contributed by atoms with E-state index in [1.807, 2.05) is 32.0 Å². The molecule has 0 unspecified atom stereocenters. The number of halogens is 2. The number of benzene rings is 2. The van der Waals surface area contributed by atoms with Gasteiger partial charge in [-0.25, -0.2) is 9.97 Å². The first kappa shape index (κ1) is 18.2. The molecule has 3 aromatic rings. The molecule has 7 heteroatoms. The molecule has 0 bridgehead atoms. The van der Waals surface area contributed by atoms with Crippen molar-refractivity contribution < 1.29 is 4.79 Å². The van der Waals surface area contributed by atoms with Crippen LogP contribution >= 0.6 is 23.2 Å². The Labute approximate surface area is 161 Å². The van der Waals surface area contributed by atoms with Crippen molar-refractivity contribution in [2.75, 3.05) is 10.6 Å². The maximum atomic E-state index is 12.3. The van der Waals surface area contributed by atoms with Crippen molar-refractivity contribution >= 4 is 46.4 Å². The molecule has 1 amide bonds. The van der Waals surface area contributed by atoms with Crippen LogP contribution in [0, 0.1) is 13.8 Å². The molecule has 0 aliphatic carbocycles. The predicted octanol–water partition coefficient (Wildman–Crippen LogP) is 5.40. The Morgan fingerprint density at radius 2 is 1.65 bits per heavy atom. The fraction of sp³-hybridized carbons (Fsp3) is 0.105.